The average molecular weight is 582 g/mol. The van der Waals surface area contributed by atoms with E-state index < -0.39 is 0 Å². The van der Waals surface area contributed by atoms with Crippen LogP contribution in [0, 0.1) is 0 Å². The van der Waals surface area contributed by atoms with Crippen LogP contribution < -0.4 is 4.90 Å². The van der Waals surface area contributed by atoms with Crippen molar-refractivity contribution in [2.24, 2.45) is 0 Å². The zero-order valence-electron chi connectivity index (χ0n) is 26.9. The van der Waals surface area contributed by atoms with Gasteiger partial charge in [-0.3, -0.25) is 0 Å². The van der Waals surface area contributed by atoms with Crippen molar-refractivity contribution in [3.05, 3.63) is 161 Å². The van der Waals surface area contributed by atoms with Crippen molar-refractivity contribution >= 4 is 38.5 Å². The lowest BCUT2D eigenvalue weighted by Gasteiger charge is -2.29. The van der Waals surface area contributed by atoms with Gasteiger partial charge in [0.1, 0.15) is 0 Å². The Kier molecular flexibility index (Phi) is 6.19. The van der Waals surface area contributed by atoms with Gasteiger partial charge in [-0.05, 0) is 97.3 Å². The Labute approximate surface area is 267 Å². The Morgan fingerprint density at radius 2 is 1.11 bits per heavy atom. The molecule has 45 heavy (non-hydrogen) atoms. The number of fused-ring (bicyclic) bond motifs is 7. The fourth-order valence-electron chi connectivity index (χ4n) is 8.13. The Balaban J connectivity index is 1.30. The van der Waals surface area contributed by atoms with Crippen molar-refractivity contribution in [2.45, 2.75) is 45.4 Å². The molecule has 0 saturated carbocycles. The summed E-state index contributed by atoms with van der Waals surface area (Å²) in [5.41, 5.74) is 13.3. The minimum Gasteiger partial charge on any atom is -0.338 e. The van der Waals surface area contributed by atoms with Gasteiger partial charge in [0.25, 0.3) is 0 Å². The van der Waals surface area contributed by atoms with Gasteiger partial charge in [0.2, 0.25) is 0 Å². The summed E-state index contributed by atoms with van der Waals surface area (Å²) in [6, 6.07) is 45.1. The highest BCUT2D eigenvalue weighted by atomic mass is 15.1. The summed E-state index contributed by atoms with van der Waals surface area (Å²) >= 11 is 0. The molecule has 0 bridgehead atoms. The highest BCUT2D eigenvalue weighted by molar-refractivity contribution is 6.08. The van der Waals surface area contributed by atoms with Gasteiger partial charge in [0.15, 0.2) is 0 Å². The van der Waals surface area contributed by atoms with Gasteiger partial charge < -0.3 is 4.90 Å². The minimum absolute atomic E-state index is 0.0567. The zero-order chi connectivity index (χ0) is 30.9. The molecule has 0 spiro atoms. The summed E-state index contributed by atoms with van der Waals surface area (Å²) < 4.78 is 0. The van der Waals surface area contributed by atoms with E-state index in [4.69, 9.17) is 0 Å². The van der Waals surface area contributed by atoms with Crippen molar-refractivity contribution in [3.63, 3.8) is 0 Å². The van der Waals surface area contributed by atoms with E-state index in [0.29, 0.717) is 0 Å². The third-order valence-electron chi connectivity index (χ3n) is 10.5. The fraction of sp³-hybridized carbons (Fsp3) is 0.182. The average Bonchev–Trinajstić information content (AvgIpc) is 3.43. The van der Waals surface area contributed by atoms with Crippen LogP contribution >= 0.6 is 0 Å². The second kappa shape index (κ2) is 10.1. The molecule has 0 atom stereocenters. The van der Waals surface area contributed by atoms with Crippen LogP contribution in [-0.2, 0) is 10.8 Å². The normalized spacial score (nSPS) is 17.5. The monoisotopic (exact) mass is 581 g/mol. The van der Waals surface area contributed by atoms with Crippen molar-refractivity contribution in [1.29, 1.82) is 0 Å². The molecule has 1 nitrogen and oxygen atoms in total. The number of hydrogen-bond donors (Lipinski definition) is 0. The molecule has 6 aromatic carbocycles. The van der Waals surface area contributed by atoms with E-state index in [1.807, 2.05) is 0 Å². The SMILES string of the molecule is CC=C1/C(=C\CN(c2ccc3c(c2)C(C)(C)c2ccccc2-3)c2ccc3ccc4ccccc4c3c2)C(C)(C)c2ccccc21. The summed E-state index contributed by atoms with van der Waals surface area (Å²) in [7, 11) is 0. The maximum Gasteiger partial charge on any atom is 0.0420 e. The van der Waals surface area contributed by atoms with E-state index in [0.717, 1.165) is 6.54 Å². The van der Waals surface area contributed by atoms with E-state index in [9.17, 15) is 0 Å². The van der Waals surface area contributed by atoms with Crippen LogP contribution in [0.4, 0.5) is 11.4 Å². The lowest BCUT2D eigenvalue weighted by atomic mass is 9.82. The van der Waals surface area contributed by atoms with Gasteiger partial charge in [0, 0.05) is 28.7 Å². The molecule has 1 heteroatoms. The first-order chi connectivity index (χ1) is 21.8. The van der Waals surface area contributed by atoms with E-state index in [1.54, 1.807) is 0 Å². The highest BCUT2D eigenvalue weighted by Gasteiger charge is 2.38. The number of anilines is 2. The lowest BCUT2D eigenvalue weighted by Crippen LogP contribution is -2.21. The van der Waals surface area contributed by atoms with Crippen LogP contribution in [-0.4, -0.2) is 6.54 Å². The third-order valence-corrected chi connectivity index (χ3v) is 10.5. The largest absolute Gasteiger partial charge is 0.338 e. The van der Waals surface area contributed by atoms with Gasteiger partial charge in [-0.15, -0.1) is 0 Å². The maximum atomic E-state index is 2.51. The summed E-state index contributed by atoms with van der Waals surface area (Å²) in [6.07, 6.45) is 4.77. The number of benzene rings is 6. The predicted molar refractivity (Wildman–Crippen MR) is 194 cm³/mol. The molecule has 0 unspecified atom stereocenters. The first-order valence-corrected chi connectivity index (χ1v) is 16.2. The smallest absolute Gasteiger partial charge is 0.0420 e. The summed E-state index contributed by atoms with van der Waals surface area (Å²) in [5.74, 6) is 0. The third kappa shape index (κ3) is 4.14. The molecule has 6 aromatic rings. The lowest BCUT2D eigenvalue weighted by molar-refractivity contribution is 0.657. The maximum absolute atomic E-state index is 2.51. The number of nitrogens with zero attached hydrogens (tertiary/aromatic N) is 1. The summed E-state index contributed by atoms with van der Waals surface area (Å²) in [4.78, 5) is 2.51. The Morgan fingerprint density at radius 3 is 1.89 bits per heavy atom. The van der Waals surface area contributed by atoms with Crippen molar-refractivity contribution in [3.8, 4) is 11.1 Å². The van der Waals surface area contributed by atoms with Crippen LogP contribution in [0.3, 0.4) is 0 Å². The molecule has 2 aliphatic rings. The molecule has 0 aliphatic heterocycles. The Bertz CT molecular complexity index is 2210. The van der Waals surface area contributed by atoms with Crippen molar-refractivity contribution in [2.75, 3.05) is 11.4 Å². The Morgan fingerprint density at radius 1 is 0.533 bits per heavy atom. The van der Waals surface area contributed by atoms with Gasteiger partial charge in [-0.2, -0.15) is 0 Å². The quantitative estimate of drug-likeness (QED) is 0.187. The zero-order valence-corrected chi connectivity index (χ0v) is 26.9. The summed E-state index contributed by atoms with van der Waals surface area (Å²) in [5, 5.41) is 5.13. The van der Waals surface area contributed by atoms with Crippen molar-refractivity contribution < 1.29 is 0 Å². The van der Waals surface area contributed by atoms with E-state index >= 15 is 0 Å². The van der Waals surface area contributed by atoms with E-state index in [-0.39, 0.29) is 10.8 Å². The molecule has 220 valence electrons. The molecular weight excluding hydrogens is 542 g/mol. The second-order valence-electron chi connectivity index (χ2n) is 13.7. The predicted octanol–water partition coefficient (Wildman–Crippen LogP) is 11.8. The molecule has 0 N–H and O–H groups in total. The topological polar surface area (TPSA) is 3.24 Å². The highest BCUT2D eigenvalue weighted by Crippen LogP contribution is 2.51. The van der Waals surface area contributed by atoms with Gasteiger partial charge in [-0.25, -0.2) is 0 Å². The van der Waals surface area contributed by atoms with Crippen LogP contribution in [0.25, 0.3) is 38.2 Å². The first-order valence-electron chi connectivity index (χ1n) is 16.2. The van der Waals surface area contributed by atoms with E-state index in [1.165, 1.54) is 77.4 Å². The molecule has 0 aromatic heterocycles. The molecule has 0 amide bonds. The minimum atomic E-state index is -0.0642. The van der Waals surface area contributed by atoms with Crippen LogP contribution in [0.15, 0.2) is 139 Å². The van der Waals surface area contributed by atoms with Gasteiger partial charge >= 0.3 is 0 Å². The molecule has 0 fully saturated rings. The molecular formula is C44H39N. The number of rotatable bonds is 4. The Hall–Kier alpha value is -4.88. The van der Waals surface area contributed by atoms with Crippen LogP contribution in [0.5, 0.6) is 0 Å². The summed E-state index contributed by atoms with van der Waals surface area (Å²) in [6.45, 7) is 12.4. The standard InChI is InChI=1S/C44H39N/c1-6-33-35-15-9-11-17-39(35)43(2,3)41(33)25-26-45(31-22-21-30-20-19-29-13-7-8-14-34(29)38(30)27-31)32-23-24-37-36-16-10-12-18-40(36)44(4,5)42(37)28-32/h6-25,27-28H,26H2,1-5H3/b33-6?,41-25+. The van der Waals surface area contributed by atoms with Gasteiger partial charge in [-0.1, -0.05) is 137 Å². The fourth-order valence-corrected chi connectivity index (χ4v) is 8.13. The van der Waals surface area contributed by atoms with Crippen LogP contribution in [0.2, 0.25) is 0 Å². The molecule has 8 rings (SSSR count). The number of allylic oxidation sites excluding steroid dienone is 3. The molecule has 0 radical (unpaired) electrons. The first kappa shape index (κ1) is 27.7. The molecule has 2 aliphatic carbocycles. The molecule has 0 saturated heterocycles. The van der Waals surface area contributed by atoms with Crippen LogP contribution in [0.1, 0.15) is 56.9 Å². The molecule has 0 heterocycles. The van der Waals surface area contributed by atoms with Gasteiger partial charge in [0.05, 0.1) is 0 Å². The van der Waals surface area contributed by atoms with Crippen molar-refractivity contribution in [1.82, 2.24) is 0 Å². The number of hydrogen-bond acceptors (Lipinski definition) is 1. The second-order valence-corrected chi connectivity index (χ2v) is 13.7. The van der Waals surface area contributed by atoms with E-state index in [2.05, 4.69) is 173 Å².